The minimum absolute atomic E-state index is 0.121. The van der Waals surface area contributed by atoms with E-state index in [-0.39, 0.29) is 11.5 Å². The Bertz CT molecular complexity index is 1210. The molecular weight excluding hydrogens is 434 g/mol. The molecule has 5 rings (SSSR count). The van der Waals surface area contributed by atoms with Crippen LogP contribution < -0.4 is 5.56 Å². The summed E-state index contributed by atoms with van der Waals surface area (Å²) in [5, 5.41) is 21.0. The van der Waals surface area contributed by atoms with Crippen LogP contribution in [0.1, 0.15) is 28.9 Å². The summed E-state index contributed by atoms with van der Waals surface area (Å²) in [4.78, 5) is 33.1. The predicted octanol–water partition coefficient (Wildman–Crippen LogP) is 1.68. The first-order valence-corrected chi connectivity index (χ1v) is 10.7. The van der Waals surface area contributed by atoms with Crippen molar-refractivity contribution >= 4 is 29.7 Å². The SMILES string of the molecule is O=C(c1ccn[nH]1)N1CCC(O)(CN2C=Nc3c(c(=O)[nH]n3-c3ccc(Cl)cc3)C2)CC1. The van der Waals surface area contributed by atoms with Crippen molar-refractivity contribution in [3.05, 3.63) is 63.2 Å². The molecule has 11 heteroatoms. The van der Waals surface area contributed by atoms with Crippen LogP contribution in [-0.2, 0) is 6.54 Å². The molecule has 0 aliphatic carbocycles. The second-order valence-corrected chi connectivity index (χ2v) is 8.63. The summed E-state index contributed by atoms with van der Waals surface area (Å²) in [5.41, 5.74) is 0.545. The minimum Gasteiger partial charge on any atom is -0.388 e. The van der Waals surface area contributed by atoms with E-state index < -0.39 is 5.60 Å². The molecule has 0 spiro atoms. The molecule has 10 nitrogen and oxygen atoms in total. The molecule has 3 aromatic rings. The third kappa shape index (κ3) is 3.82. The fourth-order valence-electron chi connectivity index (χ4n) is 4.20. The Morgan fingerprint density at radius 3 is 2.62 bits per heavy atom. The molecule has 32 heavy (non-hydrogen) atoms. The first-order valence-electron chi connectivity index (χ1n) is 10.3. The van der Waals surface area contributed by atoms with Gasteiger partial charge in [0.25, 0.3) is 11.5 Å². The van der Waals surface area contributed by atoms with E-state index in [2.05, 4.69) is 20.3 Å². The second-order valence-electron chi connectivity index (χ2n) is 8.19. The number of benzene rings is 1. The topological polar surface area (TPSA) is 123 Å². The van der Waals surface area contributed by atoms with Crippen molar-refractivity contribution in [2.45, 2.75) is 25.0 Å². The molecule has 2 aliphatic rings. The standard InChI is InChI=1S/C21H22ClN7O3/c22-14-1-3-15(4-2-14)29-18-16(19(30)26-29)11-27(13-23-18)12-21(32)6-9-28(10-7-21)20(31)17-5-8-24-25-17/h1-5,8,13,32H,6-7,9-12H2,(H,24,25)(H,26,30). The zero-order valence-corrected chi connectivity index (χ0v) is 17.9. The first-order chi connectivity index (χ1) is 15.4. The third-order valence-corrected chi connectivity index (χ3v) is 6.22. The van der Waals surface area contributed by atoms with Crippen LogP contribution >= 0.6 is 11.6 Å². The zero-order valence-electron chi connectivity index (χ0n) is 17.2. The van der Waals surface area contributed by atoms with Crippen molar-refractivity contribution in [2.24, 2.45) is 4.99 Å². The molecular formula is C21H22ClN7O3. The molecule has 166 valence electrons. The van der Waals surface area contributed by atoms with Crippen molar-refractivity contribution < 1.29 is 9.90 Å². The van der Waals surface area contributed by atoms with Crippen molar-refractivity contribution in [3.8, 4) is 5.69 Å². The molecule has 0 atom stereocenters. The number of nitrogens with zero attached hydrogens (tertiary/aromatic N) is 5. The number of likely N-dealkylation sites (tertiary alicyclic amines) is 1. The van der Waals surface area contributed by atoms with Crippen LogP contribution in [-0.4, -0.2) is 72.4 Å². The Kier molecular flexibility index (Phi) is 5.10. The summed E-state index contributed by atoms with van der Waals surface area (Å²) in [6, 6.07) is 8.75. The van der Waals surface area contributed by atoms with Gasteiger partial charge in [-0.1, -0.05) is 11.6 Å². The number of amides is 1. The number of hydrogen-bond donors (Lipinski definition) is 3. The summed E-state index contributed by atoms with van der Waals surface area (Å²) < 4.78 is 1.64. The van der Waals surface area contributed by atoms with E-state index >= 15 is 0 Å². The lowest BCUT2D eigenvalue weighted by Crippen LogP contribution is -2.52. The largest absolute Gasteiger partial charge is 0.388 e. The lowest BCUT2D eigenvalue weighted by molar-refractivity contribution is -0.0303. The van der Waals surface area contributed by atoms with E-state index in [1.807, 2.05) is 17.0 Å². The number of aromatic amines is 2. The first kappa shape index (κ1) is 20.5. The number of hydrogen-bond acceptors (Lipinski definition) is 6. The lowest BCUT2D eigenvalue weighted by Gasteiger charge is -2.40. The maximum Gasteiger partial charge on any atom is 0.271 e. The molecule has 0 bridgehead atoms. The van der Waals surface area contributed by atoms with Crippen molar-refractivity contribution in [1.29, 1.82) is 0 Å². The summed E-state index contributed by atoms with van der Waals surface area (Å²) in [5.74, 6) is 0.421. The summed E-state index contributed by atoms with van der Waals surface area (Å²) in [6.45, 7) is 1.55. The summed E-state index contributed by atoms with van der Waals surface area (Å²) >= 11 is 5.96. The van der Waals surface area contributed by atoms with Crippen LogP contribution in [0.2, 0.25) is 5.02 Å². The van der Waals surface area contributed by atoms with E-state index in [9.17, 15) is 14.7 Å². The van der Waals surface area contributed by atoms with Crippen LogP contribution in [0.3, 0.4) is 0 Å². The van der Waals surface area contributed by atoms with E-state index in [4.69, 9.17) is 11.6 Å². The highest BCUT2D eigenvalue weighted by Crippen LogP contribution is 2.29. The number of rotatable bonds is 4. The third-order valence-electron chi connectivity index (χ3n) is 5.97. The maximum absolute atomic E-state index is 12.6. The van der Waals surface area contributed by atoms with Gasteiger partial charge in [0.1, 0.15) is 5.69 Å². The van der Waals surface area contributed by atoms with Crippen molar-refractivity contribution in [1.82, 2.24) is 29.8 Å². The lowest BCUT2D eigenvalue weighted by atomic mass is 9.90. The smallest absolute Gasteiger partial charge is 0.271 e. The number of β-amino-alcohol motifs (C(OH)–C–C–N with tert-alkyl or cyclic N) is 1. The number of H-pyrrole nitrogens is 2. The number of aromatic nitrogens is 4. The van der Waals surface area contributed by atoms with Crippen molar-refractivity contribution in [2.75, 3.05) is 19.6 Å². The number of nitrogens with one attached hydrogen (secondary N) is 2. The molecule has 1 aromatic carbocycles. The van der Waals surface area contributed by atoms with E-state index in [0.717, 1.165) is 5.69 Å². The molecule has 4 heterocycles. The minimum atomic E-state index is -0.972. The van der Waals surface area contributed by atoms with Crippen LogP contribution in [0, 0.1) is 0 Å². The van der Waals surface area contributed by atoms with Crippen LogP contribution in [0.4, 0.5) is 5.82 Å². The van der Waals surface area contributed by atoms with Crippen LogP contribution in [0.5, 0.6) is 0 Å². The quantitative estimate of drug-likeness (QED) is 0.552. The number of aliphatic imine (C=N–C) groups is 1. The number of fused-ring (bicyclic) bond motifs is 1. The normalized spacial score (nSPS) is 17.4. The van der Waals surface area contributed by atoms with Gasteiger partial charge >= 0.3 is 0 Å². The maximum atomic E-state index is 12.6. The Morgan fingerprint density at radius 1 is 1.19 bits per heavy atom. The van der Waals surface area contributed by atoms with Gasteiger partial charge in [-0.2, -0.15) is 5.10 Å². The molecule has 1 saturated heterocycles. The number of halogens is 1. The van der Waals surface area contributed by atoms with Gasteiger partial charge in [-0.25, -0.2) is 9.67 Å². The summed E-state index contributed by atoms with van der Waals surface area (Å²) in [6.07, 6.45) is 4.07. The predicted molar refractivity (Wildman–Crippen MR) is 119 cm³/mol. The van der Waals surface area contributed by atoms with Gasteiger partial charge in [0, 0.05) is 30.9 Å². The van der Waals surface area contributed by atoms with Gasteiger partial charge in [0.2, 0.25) is 0 Å². The number of aliphatic hydroxyl groups is 1. The number of carbonyl (C=O) groups is 1. The van der Waals surface area contributed by atoms with Crippen LogP contribution in [0.25, 0.3) is 5.69 Å². The highest BCUT2D eigenvalue weighted by Gasteiger charge is 2.36. The molecule has 2 aromatic heterocycles. The fourth-order valence-corrected chi connectivity index (χ4v) is 4.32. The second kappa shape index (κ2) is 7.95. The molecule has 1 amide bonds. The average Bonchev–Trinajstić information content (AvgIpc) is 3.43. The Labute approximate surface area is 188 Å². The van der Waals surface area contributed by atoms with Crippen molar-refractivity contribution in [3.63, 3.8) is 0 Å². The zero-order chi connectivity index (χ0) is 22.3. The number of piperidine rings is 1. The Hall–Kier alpha value is -3.37. The molecule has 0 unspecified atom stereocenters. The Morgan fingerprint density at radius 2 is 1.94 bits per heavy atom. The monoisotopic (exact) mass is 455 g/mol. The molecule has 2 aliphatic heterocycles. The molecule has 3 N–H and O–H groups in total. The average molecular weight is 456 g/mol. The highest BCUT2D eigenvalue weighted by molar-refractivity contribution is 6.30. The van der Waals surface area contributed by atoms with Crippen LogP contribution in [0.15, 0.2) is 46.3 Å². The molecule has 1 fully saturated rings. The van der Waals surface area contributed by atoms with Gasteiger partial charge in [-0.3, -0.25) is 19.8 Å². The molecule has 0 saturated carbocycles. The Balaban J connectivity index is 1.26. The molecule has 0 radical (unpaired) electrons. The van der Waals surface area contributed by atoms with Gasteiger partial charge in [0.05, 0.1) is 29.7 Å². The summed E-state index contributed by atoms with van der Waals surface area (Å²) in [7, 11) is 0. The number of carbonyl (C=O) groups excluding carboxylic acids is 1. The van der Waals surface area contributed by atoms with Gasteiger partial charge in [0.15, 0.2) is 5.82 Å². The van der Waals surface area contributed by atoms with E-state index in [0.29, 0.717) is 61.1 Å². The van der Waals surface area contributed by atoms with Gasteiger partial charge in [-0.05, 0) is 43.2 Å². The highest BCUT2D eigenvalue weighted by atomic mass is 35.5. The fraction of sp³-hybridized carbons (Fsp3) is 0.333. The van der Waals surface area contributed by atoms with E-state index in [1.54, 1.807) is 40.3 Å². The van der Waals surface area contributed by atoms with E-state index in [1.165, 1.54) is 0 Å². The van der Waals surface area contributed by atoms with Gasteiger partial charge < -0.3 is 14.9 Å². The van der Waals surface area contributed by atoms with Gasteiger partial charge in [-0.15, -0.1) is 0 Å².